The number of hydrogen-bond donors (Lipinski definition) is 1. The SMILES string of the molecule is COc1ccc(/C=C2/C(=O)NC(=S)N(c3ccc(Cl)cc3)C2=O)c2ccccc12. The lowest BCUT2D eigenvalue weighted by Crippen LogP contribution is -2.54. The van der Waals surface area contributed by atoms with Crippen LogP contribution in [0, 0.1) is 0 Å². The van der Waals surface area contributed by atoms with Gasteiger partial charge in [0.15, 0.2) is 5.11 Å². The third-order valence-electron chi connectivity index (χ3n) is 4.62. The number of halogens is 1. The van der Waals surface area contributed by atoms with Gasteiger partial charge in [0, 0.05) is 10.4 Å². The van der Waals surface area contributed by atoms with Gasteiger partial charge in [0.05, 0.1) is 12.8 Å². The Kier molecular flexibility index (Phi) is 5.05. The van der Waals surface area contributed by atoms with Crippen LogP contribution in [-0.2, 0) is 9.59 Å². The number of nitrogens with one attached hydrogen (secondary N) is 1. The van der Waals surface area contributed by atoms with E-state index in [0.717, 1.165) is 16.3 Å². The first-order valence-corrected chi connectivity index (χ1v) is 9.51. The van der Waals surface area contributed by atoms with E-state index in [1.54, 1.807) is 37.5 Å². The standard InChI is InChI=1S/C22H15ClN2O3S/c1-28-19-11-6-13(16-4-2-3-5-17(16)19)12-18-20(26)24-22(29)25(21(18)27)15-9-7-14(23)8-10-15/h2-12H,1H3,(H,24,26,29)/b18-12-. The lowest BCUT2D eigenvalue weighted by atomic mass is 10.00. The molecular weight excluding hydrogens is 408 g/mol. The maximum Gasteiger partial charge on any atom is 0.270 e. The molecule has 3 aromatic rings. The van der Waals surface area contributed by atoms with Gasteiger partial charge in [-0.05, 0) is 59.6 Å². The van der Waals surface area contributed by atoms with Gasteiger partial charge in [-0.15, -0.1) is 0 Å². The highest BCUT2D eigenvalue weighted by atomic mass is 35.5. The first kappa shape index (κ1) is 19.1. The zero-order valence-electron chi connectivity index (χ0n) is 15.3. The van der Waals surface area contributed by atoms with Gasteiger partial charge in [-0.3, -0.25) is 19.8 Å². The monoisotopic (exact) mass is 422 g/mol. The molecule has 1 aliphatic heterocycles. The molecule has 7 heteroatoms. The quantitative estimate of drug-likeness (QED) is 0.387. The highest BCUT2D eigenvalue weighted by molar-refractivity contribution is 7.80. The number of nitrogens with zero attached hydrogens (tertiary/aromatic N) is 1. The van der Waals surface area contributed by atoms with Gasteiger partial charge in [0.25, 0.3) is 11.8 Å². The predicted octanol–water partition coefficient (Wildman–Crippen LogP) is 4.33. The van der Waals surface area contributed by atoms with Crippen molar-refractivity contribution in [2.75, 3.05) is 12.0 Å². The molecule has 1 aliphatic rings. The molecule has 0 unspecified atom stereocenters. The minimum absolute atomic E-state index is 0.0103. The summed E-state index contributed by atoms with van der Waals surface area (Å²) in [7, 11) is 1.60. The minimum Gasteiger partial charge on any atom is -0.496 e. The molecule has 0 saturated carbocycles. The van der Waals surface area contributed by atoms with Crippen LogP contribution in [0.25, 0.3) is 16.8 Å². The average Bonchev–Trinajstić information content (AvgIpc) is 2.72. The molecule has 0 aliphatic carbocycles. The Labute approximate surface area is 177 Å². The number of amides is 2. The van der Waals surface area contributed by atoms with Crippen LogP contribution in [0.15, 0.2) is 66.2 Å². The molecule has 4 rings (SSSR count). The van der Waals surface area contributed by atoms with Crippen molar-refractivity contribution in [2.45, 2.75) is 0 Å². The van der Waals surface area contributed by atoms with E-state index in [4.69, 9.17) is 28.6 Å². The number of carbonyl (C=O) groups is 2. The normalized spacial score (nSPS) is 15.7. The highest BCUT2D eigenvalue weighted by Gasteiger charge is 2.34. The summed E-state index contributed by atoms with van der Waals surface area (Å²) in [6.45, 7) is 0. The number of thiocarbonyl (C=S) groups is 1. The van der Waals surface area contributed by atoms with Crippen molar-refractivity contribution in [1.82, 2.24) is 5.32 Å². The van der Waals surface area contributed by atoms with Gasteiger partial charge in [0.1, 0.15) is 11.3 Å². The molecular formula is C22H15ClN2O3S. The Morgan fingerprint density at radius 1 is 1.00 bits per heavy atom. The van der Waals surface area contributed by atoms with Gasteiger partial charge in [0.2, 0.25) is 0 Å². The predicted molar refractivity (Wildman–Crippen MR) is 118 cm³/mol. The zero-order chi connectivity index (χ0) is 20.5. The second-order valence-electron chi connectivity index (χ2n) is 6.34. The van der Waals surface area contributed by atoms with Crippen molar-refractivity contribution in [2.24, 2.45) is 0 Å². The summed E-state index contributed by atoms with van der Waals surface area (Å²) < 4.78 is 5.41. The van der Waals surface area contributed by atoms with E-state index in [1.165, 1.54) is 4.90 Å². The van der Waals surface area contributed by atoms with E-state index in [-0.39, 0.29) is 10.7 Å². The number of fused-ring (bicyclic) bond motifs is 1. The van der Waals surface area contributed by atoms with Gasteiger partial charge in [-0.2, -0.15) is 0 Å². The number of benzene rings is 3. The van der Waals surface area contributed by atoms with Crippen LogP contribution < -0.4 is 15.0 Å². The molecule has 3 aromatic carbocycles. The number of methoxy groups -OCH3 is 1. The van der Waals surface area contributed by atoms with E-state index in [0.29, 0.717) is 16.5 Å². The second kappa shape index (κ2) is 7.66. The van der Waals surface area contributed by atoms with Crippen LogP contribution in [0.3, 0.4) is 0 Å². The molecule has 2 amide bonds. The summed E-state index contributed by atoms with van der Waals surface area (Å²) in [4.78, 5) is 27.0. The van der Waals surface area contributed by atoms with E-state index in [2.05, 4.69) is 5.32 Å². The molecule has 1 heterocycles. The van der Waals surface area contributed by atoms with Crippen molar-refractivity contribution in [3.8, 4) is 5.75 Å². The molecule has 1 fully saturated rings. The van der Waals surface area contributed by atoms with Crippen LogP contribution >= 0.6 is 23.8 Å². The van der Waals surface area contributed by atoms with Crippen LogP contribution in [0.1, 0.15) is 5.56 Å². The Morgan fingerprint density at radius 2 is 1.69 bits per heavy atom. The average molecular weight is 423 g/mol. The molecule has 29 heavy (non-hydrogen) atoms. The van der Waals surface area contributed by atoms with Crippen molar-refractivity contribution in [3.63, 3.8) is 0 Å². The Bertz CT molecular complexity index is 1190. The van der Waals surface area contributed by atoms with E-state index in [1.807, 2.05) is 36.4 Å². The van der Waals surface area contributed by atoms with Gasteiger partial charge in [-0.1, -0.05) is 41.9 Å². The molecule has 144 valence electrons. The first-order chi connectivity index (χ1) is 14.0. The zero-order valence-corrected chi connectivity index (χ0v) is 16.9. The number of hydrogen-bond acceptors (Lipinski definition) is 4. The summed E-state index contributed by atoms with van der Waals surface area (Å²) in [6.07, 6.45) is 1.57. The van der Waals surface area contributed by atoms with Crippen LogP contribution in [0.5, 0.6) is 5.75 Å². The van der Waals surface area contributed by atoms with Gasteiger partial charge in [-0.25, -0.2) is 0 Å². The van der Waals surface area contributed by atoms with Gasteiger partial charge < -0.3 is 4.74 Å². The summed E-state index contributed by atoms with van der Waals surface area (Å²) >= 11 is 11.2. The fourth-order valence-corrected chi connectivity index (χ4v) is 3.64. The smallest absolute Gasteiger partial charge is 0.270 e. The Morgan fingerprint density at radius 3 is 2.38 bits per heavy atom. The van der Waals surface area contributed by atoms with E-state index < -0.39 is 11.8 Å². The number of ether oxygens (including phenoxy) is 1. The van der Waals surface area contributed by atoms with Crippen LogP contribution in [0.4, 0.5) is 5.69 Å². The number of rotatable bonds is 3. The van der Waals surface area contributed by atoms with Crippen molar-refractivity contribution in [3.05, 3.63) is 76.8 Å². The first-order valence-electron chi connectivity index (χ1n) is 8.72. The van der Waals surface area contributed by atoms with Crippen LogP contribution in [-0.4, -0.2) is 24.0 Å². The molecule has 1 N–H and O–H groups in total. The van der Waals surface area contributed by atoms with Crippen molar-refractivity contribution < 1.29 is 14.3 Å². The van der Waals surface area contributed by atoms with Crippen LogP contribution in [0.2, 0.25) is 5.02 Å². The topological polar surface area (TPSA) is 58.6 Å². The summed E-state index contributed by atoms with van der Waals surface area (Å²) in [5, 5.41) is 4.90. The maximum absolute atomic E-state index is 13.1. The summed E-state index contributed by atoms with van der Waals surface area (Å²) in [5.74, 6) is -0.322. The minimum atomic E-state index is -0.537. The fourth-order valence-electron chi connectivity index (χ4n) is 3.24. The lowest BCUT2D eigenvalue weighted by molar-refractivity contribution is -0.122. The number of carbonyl (C=O) groups excluding carboxylic acids is 2. The Balaban J connectivity index is 1.82. The third kappa shape index (κ3) is 3.48. The number of anilines is 1. The van der Waals surface area contributed by atoms with Gasteiger partial charge >= 0.3 is 0 Å². The summed E-state index contributed by atoms with van der Waals surface area (Å²) in [5.41, 5.74) is 1.24. The van der Waals surface area contributed by atoms with E-state index >= 15 is 0 Å². The molecule has 0 radical (unpaired) electrons. The second-order valence-corrected chi connectivity index (χ2v) is 7.16. The molecule has 0 atom stereocenters. The molecule has 0 aromatic heterocycles. The maximum atomic E-state index is 13.1. The lowest BCUT2D eigenvalue weighted by Gasteiger charge is -2.29. The Hall–Kier alpha value is -3.22. The molecule has 5 nitrogen and oxygen atoms in total. The third-order valence-corrected chi connectivity index (χ3v) is 5.16. The molecule has 1 saturated heterocycles. The van der Waals surface area contributed by atoms with Crippen molar-refractivity contribution in [1.29, 1.82) is 0 Å². The fraction of sp³-hybridized carbons (Fsp3) is 0.0455. The van der Waals surface area contributed by atoms with Crippen molar-refractivity contribution >= 4 is 63.3 Å². The molecule has 0 bridgehead atoms. The largest absolute Gasteiger partial charge is 0.496 e. The highest BCUT2D eigenvalue weighted by Crippen LogP contribution is 2.30. The van der Waals surface area contributed by atoms with E-state index in [9.17, 15) is 9.59 Å². The molecule has 0 spiro atoms. The summed E-state index contributed by atoms with van der Waals surface area (Å²) in [6, 6.07) is 17.9.